The average Bonchev–Trinajstić information content (AvgIpc) is 2.30. The number of likely N-dealkylation sites (tertiary alicyclic amines) is 1. The van der Waals surface area contributed by atoms with E-state index < -0.39 is 0 Å². The first kappa shape index (κ1) is 13.9. The van der Waals surface area contributed by atoms with Gasteiger partial charge in [-0.1, -0.05) is 12.2 Å². The van der Waals surface area contributed by atoms with Gasteiger partial charge in [-0.05, 0) is 25.7 Å². The Labute approximate surface area is 108 Å². The van der Waals surface area contributed by atoms with Crippen LogP contribution in [0.4, 0.5) is 0 Å². The van der Waals surface area contributed by atoms with Crippen LogP contribution in [0.5, 0.6) is 0 Å². The van der Waals surface area contributed by atoms with Gasteiger partial charge in [-0.3, -0.25) is 0 Å². The van der Waals surface area contributed by atoms with Crippen molar-refractivity contribution in [3.63, 3.8) is 0 Å². The number of allylic oxidation sites excluding steroid dienone is 1. The molecule has 0 aromatic heterocycles. The van der Waals surface area contributed by atoms with Gasteiger partial charge in [0.1, 0.15) is 16.6 Å². The summed E-state index contributed by atoms with van der Waals surface area (Å²) < 4.78 is 5.19. The second kappa shape index (κ2) is 6.58. The first-order valence-electron chi connectivity index (χ1n) is 5.74. The lowest BCUT2D eigenvalue weighted by atomic mass is 9.98. The van der Waals surface area contributed by atoms with E-state index >= 15 is 0 Å². The summed E-state index contributed by atoms with van der Waals surface area (Å²) in [4.78, 5) is 2.36. The summed E-state index contributed by atoms with van der Waals surface area (Å²) in [7, 11) is 1.72. The first-order chi connectivity index (χ1) is 8.10. The summed E-state index contributed by atoms with van der Waals surface area (Å²) in [6.07, 6.45) is 2.29. The summed E-state index contributed by atoms with van der Waals surface area (Å²) in [6, 6.07) is 2.09. The van der Waals surface area contributed by atoms with Crippen molar-refractivity contribution >= 4 is 17.2 Å². The number of nitrogens with zero attached hydrogens (tertiary/aromatic N) is 2. The van der Waals surface area contributed by atoms with Gasteiger partial charge in [0, 0.05) is 25.9 Å². The van der Waals surface area contributed by atoms with Crippen LogP contribution in [-0.4, -0.2) is 36.7 Å². The lowest BCUT2D eigenvalue weighted by Crippen LogP contribution is -2.37. The Morgan fingerprint density at radius 3 is 2.88 bits per heavy atom. The molecule has 1 fully saturated rings. The van der Waals surface area contributed by atoms with Crippen molar-refractivity contribution in [2.24, 2.45) is 11.7 Å². The molecule has 1 rings (SSSR count). The van der Waals surface area contributed by atoms with Crippen LogP contribution >= 0.6 is 12.2 Å². The van der Waals surface area contributed by atoms with E-state index in [0.29, 0.717) is 11.5 Å². The SMILES string of the molecule is COCC1CCCN(/C(C)=C(\C#N)C(N)=S)C1. The van der Waals surface area contributed by atoms with Gasteiger partial charge < -0.3 is 15.4 Å². The Kier molecular flexibility index (Phi) is 5.39. The van der Waals surface area contributed by atoms with Crippen LogP contribution in [0.25, 0.3) is 0 Å². The van der Waals surface area contributed by atoms with E-state index in [4.69, 9.17) is 28.0 Å². The molecule has 0 bridgehead atoms. The predicted molar refractivity (Wildman–Crippen MR) is 71.3 cm³/mol. The molecule has 1 atom stereocenters. The first-order valence-corrected chi connectivity index (χ1v) is 6.15. The minimum Gasteiger partial charge on any atom is -0.389 e. The molecular formula is C12H19N3OS. The van der Waals surface area contributed by atoms with Gasteiger partial charge in [0.25, 0.3) is 0 Å². The maximum absolute atomic E-state index is 9.04. The van der Waals surface area contributed by atoms with E-state index in [2.05, 4.69) is 11.0 Å². The molecule has 0 saturated carbocycles. The number of rotatable bonds is 4. The topological polar surface area (TPSA) is 62.3 Å². The summed E-state index contributed by atoms with van der Waals surface area (Å²) in [5.41, 5.74) is 6.87. The number of hydrogen-bond acceptors (Lipinski definition) is 4. The van der Waals surface area contributed by atoms with Crippen molar-refractivity contribution in [2.75, 3.05) is 26.8 Å². The molecule has 2 N–H and O–H groups in total. The molecule has 0 amide bonds. The van der Waals surface area contributed by atoms with Gasteiger partial charge in [-0.25, -0.2) is 0 Å². The summed E-state index contributed by atoms with van der Waals surface area (Å²) in [5, 5.41) is 9.04. The summed E-state index contributed by atoms with van der Waals surface area (Å²) >= 11 is 4.89. The second-order valence-electron chi connectivity index (χ2n) is 4.35. The largest absolute Gasteiger partial charge is 0.389 e. The monoisotopic (exact) mass is 253 g/mol. The fourth-order valence-electron chi connectivity index (χ4n) is 2.21. The molecule has 0 spiro atoms. The molecule has 1 unspecified atom stereocenters. The fourth-order valence-corrected chi connectivity index (χ4v) is 2.41. The second-order valence-corrected chi connectivity index (χ2v) is 4.79. The highest BCUT2D eigenvalue weighted by atomic mass is 32.1. The molecule has 17 heavy (non-hydrogen) atoms. The van der Waals surface area contributed by atoms with Crippen molar-refractivity contribution in [3.05, 3.63) is 11.3 Å². The molecule has 1 aliphatic heterocycles. The highest BCUT2D eigenvalue weighted by Gasteiger charge is 2.22. The van der Waals surface area contributed by atoms with E-state index in [0.717, 1.165) is 31.8 Å². The Hall–Kier alpha value is -1.12. The number of thiocarbonyl (C=S) groups is 1. The van der Waals surface area contributed by atoms with Crippen LogP contribution in [0, 0.1) is 17.2 Å². The van der Waals surface area contributed by atoms with Crippen LogP contribution in [0.15, 0.2) is 11.3 Å². The minimum atomic E-state index is 0.180. The molecule has 0 aliphatic carbocycles. The van der Waals surface area contributed by atoms with E-state index in [9.17, 15) is 0 Å². The van der Waals surface area contributed by atoms with E-state index in [1.807, 2.05) is 6.92 Å². The minimum absolute atomic E-state index is 0.180. The molecule has 94 valence electrons. The van der Waals surface area contributed by atoms with Crippen molar-refractivity contribution in [3.8, 4) is 6.07 Å². The van der Waals surface area contributed by atoms with Gasteiger partial charge in [0.2, 0.25) is 0 Å². The highest BCUT2D eigenvalue weighted by Crippen LogP contribution is 2.21. The fraction of sp³-hybridized carbons (Fsp3) is 0.667. The number of piperidine rings is 1. The quantitative estimate of drug-likeness (QED) is 0.466. The zero-order valence-electron chi connectivity index (χ0n) is 10.4. The molecule has 0 radical (unpaired) electrons. The molecule has 1 aliphatic rings. The zero-order valence-corrected chi connectivity index (χ0v) is 11.2. The van der Waals surface area contributed by atoms with Crippen molar-refractivity contribution in [2.45, 2.75) is 19.8 Å². The van der Waals surface area contributed by atoms with Crippen molar-refractivity contribution in [1.82, 2.24) is 4.90 Å². The van der Waals surface area contributed by atoms with Crippen LogP contribution in [0.3, 0.4) is 0 Å². The van der Waals surface area contributed by atoms with E-state index in [-0.39, 0.29) is 4.99 Å². The summed E-state index contributed by atoms with van der Waals surface area (Å²) in [5.74, 6) is 0.523. The molecule has 1 heterocycles. The number of methoxy groups -OCH3 is 1. The Morgan fingerprint density at radius 2 is 2.35 bits per heavy atom. The zero-order chi connectivity index (χ0) is 12.8. The van der Waals surface area contributed by atoms with Gasteiger partial charge in [0.05, 0.1) is 6.61 Å². The third-order valence-electron chi connectivity index (χ3n) is 3.12. The van der Waals surface area contributed by atoms with Crippen molar-refractivity contribution in [1.29, 1.82) is 5.26 Å². The van der Waals surface area contributed by atoms with Gasteiger partial charge in [-0.15, -0.1) is 0 Å². The maximum atomic E-state index is 9.04. The maximum Gasteiger partial charge on any atom is 0.116 e. The number of nitriles is 1. The smallest absolute Gasteiger partial charge is 0.116 e. The Morgan fingerprint density at radius 1 is 1.65 bits per heavy atom. The normalized spacial score (nSPS) is 21.7. The van der Waals surface area contributed by atoms with Gasteiger partial charge >= 0.3 is 0 Å². The lowest BCUT2D eigenvalue weighted by Gasteiger charge is -2.35. The standard InChI is InChI=1S/C12H19N3OS/c1-9(11(6-13)12(14)17)15-5-3-4-10(7-15)8-16-2/h10H,3-5,7-8H2,1-2H3,(H2,14,17)/b11-9+. The van der Waals surface area contributed by atoms with Crippen LogP contribution in [0.1, 0.15) is 19.8 Å². The van der Waals surface area contributed by atoms with Crippen molar-refractivity contribution < 1.29 is 4.74 Å². The number of nitrogens with two attached hydrogens (primary N) is 1. The molecule has 5 heteroatoms. The average molecular weight is 253 g/mol. The van der Waals surface area contributed by atoms with E-state index in [1.54, 1.807) is 7.11 Å². The molecule has 0 aromatic carbocycles. The highest BCUT2D eigenvalue weighted by molar-refractivity contribution is 7.80. The van der Waals surface area contributed by atoms with Crippen LogP contribution in [0.2, 0.25) is 0 Å². The molecule has 0 aromatic rings. The number of hydrogen-bond donors (Lipinski definition) is 1. The number of ether oxygens (including phenoxy) is 1. The Balaban J connectivity index is 2.78. The predicted octanol–water partition coefficient (Wildman–Crippen LogP) is 1.43. The van der Waals surface area contributed by atoms with Gasteiger partial charge in [0.15, 0.2) is 0 Å². The lowest BCUT2D eigenvalue weighted by molar-refractivity contribution is 0.104. The summed E-state index contributed by atoms with van der Waals surface area (Å²) in [6.45, 7) is 4.54. The molecule has 4 nitrogen and oxygen atoms in total. The van der Waals surface area contributed by atoms with Crippen LogP contribution in [-0.2, 0) is 4.74 Å². The third kappa shape index (κ3) is 3.69. The third-order valence-corrected chi connectivity index (χ3v) is 3.32. The van der Waals surface area contributed by atoms with Crippen LogP contribution < -0.4 is 5.73 Å². The molecular weight excluding hydrogens is 234 g/mol. The molecule has 1 saturated heterocycles. The van der Waals surface area contributed by atoms with Gasteiger partial charge in [-0.2, -0.15) is 5.26 Å². The van der Waals surface area contributed by atoms with E-state index in [1.165, 1.54) is 6.42 Å². The Bertz CT molecular complexity index is 357.